The summed E-state index contributed by atoms with van der Waals surface area (Å²) in [5.41, 5.74) is 0. The van der Waals surface area contributed by atoms with Gasteiger partial charge in [-0.1, -0.05) is 20.8 Å². The van der Waals surface area contributed by atoms with Crippen molar-refractivity contribution in [2.75, 3.05) is 26.7 Å². The Morgan fingerprint density at radius 1 is 1.31 bits per heavy atom. The fourth-order valence-electron chi connectivity index (χ4n) is 2.41. The molecule has 0 radical (unpaired) electrons. The van der Waals surface area contributed by atoms with Crippen LogP contribution in [0.2, 0.25) is 0 Å². The van der Waals surface area contributed by atoms with Gasteiger partial charge < -0.3 is 9.64 Å². The minimum Gasteiger partial charge on any atom is -0.378 e. The third-order valence-corrected chi connectivity index (χ3v) is 3.57. The van der Waals surface area contributed by atoms with Crippen molar-refractivity contribution in [1.29, 1.82) is 0 Å². The van der Waals surface area contributed by atoms with E-state index in [0.717, 1.165) is 25.0 Å². The van der Waals surface area contributed by atoms with Gasteiger partial charge in [0.2, 0.25) is 0 Å². The number of hydrogen-bond acceptors (Lipinski definition) is 2. The molecule has 1 aliphatic rings. The zero-order valence-electron chi connectivity index (χ0n) is 11.5. The molecular formula is C14H29NO. The lowest BCUT2D eigenvalue weighted by Crippen LogP contribution is -2.33. The Kier molecular flexibility index (Phi) is 6.37. The van der Waals surface area contributed by atoms with Gasteiger partial charge in [0.1, 0.15) is 0 Å². The number of rotatable bonds is 8. The van der Waals surface area contributed by atoms with Crippen LogP contribution in [0, 0.1) is 11.8 Å². The molecule has 0 aromatic rings. The molecule has 1 aliphatic carbocycles. The van der Waals surface area contributed by atoms with Gasteiger partial charge in [-0.3, -0.25) is 0 Å². The molecule has 1 fully saturated rings. The second kappa shape index (κ2) is 7.29. The van der Waals surface area contributed by atoms with Crippen LogP contribution in [-0.2, 0) is 4.74 Å². The highest BCUT2D eigenvalue weighted by molar-refractivity contribution is 4.80. The Bertz CT molecular complexity index is 176. The van der Waals surface area contributed by atoms with Crippen molar-refractivity contribution in [2.45, 2.75) is 52.6 Å². The number of hydrogen-bond donors (Lipinski definition) is 0. The molecule has 0 unspecified atom stereocenters. The number of ether oxygens (including phenoxy) is 1. The maximum absolute atomic E-state index is 5.86. The van der Waals surface area contributed by atoms with Crippen molar-refractivity contribution in [3.05, 3.63) is 0 Å². The van der Waals surface area contributed by atoms with E-state index in [0.29, 0.717) is 6.10 Å². The minimum absolute atomic E-state index is 0.579. The summed E-state index contributed by atoms with van der Waals surface area (Å²) in [6, 6.07) is 0. The second-order valence-electron chi connectivity index (χ2n) is 5.71. The van der Waals surface area contributed by atoms with Crippen molar-refractivity contribution in [3.8, 4) is 0 Å². The predicted octanol–water partition coefficient (Wildman–Crippen LogP) is 3.17. The Hall–Kier alpha value is -0.0800. The summed E-state index contributed by atoms with van der Waals surface area (Å²) >= 11 is 0. The number of nitrogens with zero attached hydrogens (tertiary/aromatic N) is 1. The van der Waals surface area contributed by atoms with E-state index in [1.54, 1.807) is 0 Å². The zero-order valence-corrected chi connectivity index (χ0v) is 11.5. The predicted molar refractivity (Wildman–Crippen MR) is 69.7 cm³/mol. The van der Waals surface area contributed by atoms with Crippen molar-refractivity contribution in [1.82, 2.24) is 4.90 Å². The van der Waals surface area contributed by atoms with Crippen LogP contribution < -0.4 is 0 Å². The van der Waals surface area contributed by atoms with E-state index in [1.807, 2.05) is 0 Å². The van der Waals surface area contributed by atoms with Gasteiger partial charge in [0.05, 0.1) is 6.10 Å². The lowest BCUT2D eigenvalue weighted by Gasteiger charge is -2.36. The first kappa shape index (κ1) is 14.0. The summed E-state index contributed by atoms with van der Waals surface area (Å²) < 4.78 is 5.86. The highest BCUT2D eigenvalue weighted by atomic mass is 16.5. The fraction of sp³-hybridized carbons (Fsp3) is 1.00. The quantitative estimate of drug-likeness (QED) is 0.591. The standard InChI is InChI=1S/C14H29NO/c1-5-15(4)7-6-8-16-14-10-13(11-14)9-12(2)3/h12-14H,5-11H2,1-4H3. The molecule has 2 nitrogen and oxygen atoms in total. The van der Waals surface area contributed by atoms with Crippen molar-refractivity contribution in [2.24, 2.45) is 11.8 Å². The van der Waals surface area contributed by atoms with Gasteiger partial charge in [-0.2, -0.15) is 0 Å². The van der Waals surface area contributed by atoms with E-state index in [9.17, 15) is 0 Å². The average molecular weight is 227 g/mol. The molecule has 1 saturated carbocycles. The third-order valence-electron chi connectivity index (χ3n) is 3.57. The highest BCUT2D eigenvalue weighted by Crippen LogP contribution is 2.34. The van der Waals surface area contributed by atoms with Gasteiger partial charge >= 0.3 is 0 Å². The van der Waals surface area contributed by atoms with Crippen molar-refractivity contribution < 1.29 is 4.74 Å². The van der Waals surface area contributed by atoms with E-state index in [4.69, 9.17) is 4.74 Å². The van der Waals surface area contributed by atoms with E-state index >= 15 is 0 Å². The van der Waals surface area contributed by atoms with Crippen LogP contribution in [0.15, 0.2) is 0 Å². The largest absolute Gasteiger partial charge is 0.378 e. The Labute approximate surface area is 101 Å². The first-order valence-corrected chi connectivity index (χ1v) is 6.92. The monoisotopic (exact) mass is 227 g/mol. The van der Waals surface area contributed by atoms with Crippen LogP contribution in [0.4, 0.5) is 0 Å². The first-order valence-electron chi connectivity index (χ1n) is 6.92. The molecule has 0 amide bonds. The maximum atomic E-state index is 5.86. The van der Waals surface area contributed by atoms with Gasteiger partial charge in [-0.05, 0) is 51.1 Å². The summed E-state index contributed by atoms with van der Waals surface area (Å²) in [5, 5.41) is 0. The topological polar surface area (TPSA) is 12.5 Å². The Morgan fingerprint density at radius 2 is 2.00 bits per heavy atom. The van der Waals surface area contributed by atoms with Crippen molar-refractivity contribution in [3.63, 3.8) is 0 Å². The smallest absolute Gasteiger partial charge is 0.0580 e. The fourth-order valence-corrected chi connectivity index (χ4v) is 2.41. The summed E-state index contributed by atoms with van der Waals surface area (Å²) in [7, 11) is 2.17. The van der Waals surface area contributed by atoms with Crippen molar-refractivity contribution >= 4 is 0 Å². The molecule has 16 heavy (non-hydrogen) atoms. The molecule has 96 valence electrons. The summed E-state index contributed by atoms with van der Waals surface area (Å²) in [5.74, 6) is 1.80. The lowest BCUT2D eigenvalue weighted by atomic mass is 9.77. The lowest BCUT2D eigenvalue weighted by molar-refractivity contribution is -0.0374. The average Bonchev–Trinajstić information content (AvgIpc) is 2.18. The molecule has 2 heteroatoms. The molecule has 0 bridgehead atoms. The van der Waals surface area contributed by atoms with E-state index in [2.05, 4.69) is 32.7 Å². The molecule has 1 rings (SSSR count). The van der Waals surface area contributed by atoms with Crippen LogP contribution in [-0.4, -0.2) is 37.7 Å². The van der Waals surface area contributed by atoms with Crippen LogP contribution in [0.1, 0.15) is 46.5 Å². The molecular weight excluding hydrogens is 198 g/mol. The third kappa shape index (κ3) is 5.31. The molecule has 0 saturated heterocycles. The highest BCUT2D eigenvalue weighted by Gasteiger charge is 2.29. The molecule has 0 atom stereocenters. The maximum Gasteiger partial charge on any atom is 0.0580 e. The van der Waals surface area contributed by atoms with E-state index in [-0.39, 0.29) is 0 Å². The Morgan fingerprint density at radius 3 is 2.56 bits per heavy atom. The molecule has 0 N–H and O–H groups in total. The second-order valence-corrected chi connectivity index (χ2v) is 5.71. The zero-order chi connectivity index (χ0) is 12.0. The summed E-state index contributed by atoms with van der Waals surface area (Å²) in [6.07, 6.45) is 5.76. The molecule has 0 aliphatic heterocycles. The summed E-state index contributed by atoms with van der Waals surface area (Å²) in [6.45, 7) is 10.1. The van der Waals surface area contributed by atoms with E-state index in [1.165, 1.54) is 32.2 Å². The van der Waals surface area contributed by atoms with E-state index < -0.39 is 0 Å². The van der Waals surface area contributed by atoms with Gasteiger partial charge in [0.25, 0.3) is 0 Å². The summed E-state index contributed by atoms with van der Waals surface area (Å²) in [4.78, 5) is 2.34. The first-order chi connectivity index (χ1) is 7.61. The Balaban J connectivity index is 1.90. The molecule has 0 spiro atoms. The van der Waals surface area contributed by atoms with Crippen LogP contribution in [0.5, 0.6) is 0 Å². The van der Waals surface area contributed by atoms with Gasteiger partial charge in [0.15, 0.2) is 0 Å². The minimum atomic E-state index is 0.579. The molecule has 0 heterocycles. The van der Waals surface area contributed by atoms with Gasteiger partial charge in [-0.15, -0.1) is 0 Å². The SMILES string of the molecule is CCN(C)CCCOC1CC(CC(C)C)C1. The van der Waals surface area contributed by atoms with Crippen LogP contribution in [0.3, 0.4) is 0 Å². The van der Waals surface area contributed by atoms with Gasteiger partial charge in [-0.25, -0.2) is 0 Å². The normalized spacial score (nSPS) is 25.1. The van der Waals surface area contributed by atoms with Crippen LogP contribution >= 0.6 is 0 Å². The molecule has 0 aromatic carbocycles. The van der Waals surface area contributed by atoms with Gasteiger partial charge in [0, 0.05) is 13.2 Å². The molecule has 0 aromatic heterocycles. The van der Waals surface area contributed by atoms with Crippen LogP contribution in [0.25, 0.3) is 0 Å².